The van der Waals surface area contributed by atoms with E-state index in [1.165, 1.54) is 29.1 Å². The van der Waals surface area contributed by atoms with E-state index >= 15 is 0 Å². The summed E-state index contributed by atoms with van der Waals surface area (Å²) in [7, 11) is 0. The van der Waals surface area contributed by atoms with Crippen LogP contribution in [0.3, 0.4) is 0 Å². The minimum absolute atomic E-state index is 0.0272. The molecule has 1 aromatic heterocycles. The molecule has 20 heavy (non-hydrogen) atoms. The monoisotopic (exact) mass is 292 g/mol. The molecule has 0 saturated heterocycles. The van der Waals surface area contributed by atoms with Crippen LogP contribution in [-0.4, -0.2) is 11.8 Å². The molecule has 2 aliphatic carbocycles. The van der Waals surface area contributed by atoms with Gasteiger partial charge in [-0.25, -0.2) is 0 Å². The Morgan fingerprint density at radius 2 is 1.95 bits per heavy atom. The molecule has 3 N–H and O–H groups in total. The number of thiophene rings is 1. The summed E-state index contributed by atoms with van der Waals surface area (Å²) in [4.78, 5) is 25.0. The number of anilines is 1. The molecule has 5 heteroatoms. The fourth-order valence-corrected chi connectivity index (χ4v) is 4.72. The summed E-state index contributed by atoms with van der Waals surface area (Å²) in [6, 6.07) is 0. The van der Waals surface area contributed by atoms with Crippen LogP contribution in [0.1, 0.15) is 59.3 Å². The Morgan fingerprint density at radius 3 is 2.65 bits per heavy atom. The summed E-state index contributed by atoms with van der Waals surface area (Å²) in [6.07, 6.45) is 8.32. The highest BCUT2D eigenvalue weighted by atomic mass is 32.1. The Kier molecular flexibility index (Phi) is 3.78. The zero-order chi connectivity index (χ0) is 14.1. The number of hydrogen-bond donors (Lipinski definition) is 2. The van der Waals surface area contributed by atoms with Crippen LogP contribution in [0.25, 0.3) is 0 Å². The van der Waals surface area contributed by atoms with Gasteiger partial charge in [0.05, 0.1) is 5.56 Å². The normalized spacial score (nSPS) is 18.2. The van der Waals surface area contributed by atoms with Crippen molar-refractivity contribution in [1.29, 1.82) is 0 Å². The number of nitrogens with one attached hydrogen (secondary N) is 1. The van der Waals surface area contributed by atoms with Gasteiger partial charge < -0.3 is 11.1 Å². The topological polar surface area (TPSA) is 72.2 Å². The van der Waals surface area contributed by atoms with Gasteiger partial charge in [0.2, 0.25) is 5.91 Å². The minimum atomic E-state index is -0.416. The largest absolute Gasteiger partial charge is 0.365 e. The van der Waals surface area contributed by atoms with E-state index in [1.54, 1.807) is 0 Å². The maximum absolute atomic E-state index is 12.1. The molecule has 1 heterocycles. The highest BCUT2D eigenvalue weighted by Gasteiger charge is 2.27. The molecule has 108 valence electrons. The molecule has 2 amide bonds. The Labute approximate surface area is 122 Å². The first-order valence-electron chi connectivity index (χ1n) is 7.39. The molecule has 4 nitrogen and oxygen atoms in total. The van der Waals surface area contributed by atoms with Crippen molar-refractivity contribution in [3.63, 3.8) is 0 Å². The predicted octanol–water partition coefficient (Wildman–Crippen LogP) is 2.85. The molecular weight excluding hydrogens is 272 g/mol. The van der Waals surface area contributed by atoms with Crippen molar-refractivity contribution >= 4 is 28.2 Å². The molecule has 0 aliphatic heterocycles. The predicted molar refractivity (Wildman–Crippen MR) is 80.1 cm³/mol. The van der Waals surface area contributed by atoms with E-state index < -0.39 is 5.91 Å². The molecule has 2 aliphatic rings. The molecule has 1 saturated carbocycles. The zero-order valence-corrected chi connectivity index (χ0v) is 12.4. The summed E-state index contributed by atoms with van der Waals surface area (Å²) in [5.74, 6) is 0.124. The average molecular weight is 292 g/mol. The van der Waals surface area contributed by atoms with Crippen LogP contribution in [-0.2, 0) is 17.6 Å². The number of fused-ring (bicyclic) bond motifs is 1. The summed E-state index contributed by atoms with van der Waals surface area (Å²) in [5.41, 5.74) is 7.11. The van der Waals surface area contributed by atoms with Crippen LogP contribution >= 0.6 is 11.3 Å². The van der Waals surface area contributed by atoms with E-state index in [9.17, 15) is 9.59 Å². The van der Waals surface area contributed by atoms with Crippen LogP contribution in [0, 0.1) is 5.92 Å². The number of hydrogen-bond acceptors (Lipinski definition) is 3. The number of carbonyl (C=O) groups excluding carboxylic acids is 2. The van der Waals surface area contributed by atoms with Gasteiger partial charge >= 0.3 is 0 Å². The third kappa shape index (κ3) is 2.59. The van der Waals surface area contributed by atoms with Crippen LogP contribution < -0.4 is 11.1 Å². The Bertz CT molecular complexity index is 544. The number of amides is 2. The second-order valence-electron chi connectivity index (χ2n) is 5.83. The highest BCUT2D eigenvalue weighted by Crippen LogP contribution is 2.39. The maximum atomic E-state index is 12.1. The van der Waals surface area contributed by atoms with E-state index in [4.69, 9.17) is 5.73 Å². The summed E-state index contributed by atoms with van der Waals surface area (Å²) >= 11 is 1.53. The lowest BCUT2D eigenvalue weighted by Gasteiger charge is -2.09. The van der Waals surface area contributed by atoms with Gasteiger partial charge in [0, 0.05) is 11.3 Å². The first kappa shape index (κ1) is 13.6. The van der Waals surface area contributed by atoms with Gasteiger partial charge in [-0.1, -0.05) is 12.8 Å². The van der Waals surface area contributed by atoms with E-state index in [-0.39, 0.29) is 5.91 Å². The zero-order valence-electron chi connectivity index (χ0n) is 11.5. The van der Waals surface area contributed by atoms with Crippen molar-refractivity contribution in [1.82, 2.24) is 0 Å². The smallest absolute Gasteiger partial charge is 0.251 e. The van der Waals surface area contributed by atoms with Gasteiger partial charge in [-0.15, -0.1) is 11.3 Å². The minimum Gasteiger partial charge on any atom is -0.365 e. The number of aryl methyl sites for hydroxylation is 1. The van der Waals surface area contributed by atoms with Gasteiger partial charge in [-0.2, -0.15) is 0 Å². The standard InChI is InChI=1S/C15H20N2O2S/c16-14(19)13-10-6-3-7-11(10)20-15(13)17-12(18)8-9-4-1-2-5-9/h9H,1-8H2,(H2,16,19)(H,17,18). The van der Waals surface area contributed by atoms with Crippen molar-refractivity contribution in [2.45, 2.75) is 51.4 Å². The quantitative estimate of drug-likeness (QED) is 0.895. The summed E-state index contributed by atoms with van der Waals surface area (Å²) in [6.45, 7) is 0. The Hall–Kier alpha value is -1.36. The first-order chi connectivity index (χ1) is 9.65. The van der Waals surface area contributed by atoms with E-state index in [1.807, 2.05) is 0 Å². The van der Waals surface area contributed by atoms with Crippen LogP contribution in [0.4, 0.5) is 5.00 Å². The fourth-order valence-electron chi connectivity index (χ4n) is 3.41. The molecular formula is C15H20N2O2S. The molecule has 0 atom stereocenters. The van der Waals surface area contributed by atoms with Crippen molar-refractivity contribution in [3.8, 4) is 0 Å². The number of carbonyl (C=O) groups is 2. The molecule has 1 fully saturated rings. The SMILES string of the molecule is NC(=O)c1c(NC(=O)CC2CCCC2)sc2c1CCC2. The van der Waals surface area contributed by atoms with Crippen molar-refractivity contribution in [3.05, 3.63) is 16.0 Å². The second kappa shape index (κ2) is 5.56. The molecule has 3 rings (SSSR count). The maximum Gasteiger partial charge on any atom is 0.251 e. The lowest BCUT2D eigenvalue weighted by molar-refractivity contribution is -0.117. The third-order valence-corrected chi connectivity index (χ3v) is 5.58. The Morgan fingerprint density at radius 1 is 1.20 bits per heavy atom. The van der Waals surface area contributed by atoms with Crippen LogP contribution in [0.5, 0.6) is 0 Å². The van der Waals surface area contributed by atoms with E-state index in [2.05, 4.69) is 5.32 Å². The van der Waals surface area contributed by atoms with Crippen LogP contribution in [0.15, 0.2) is 0 Å². The van der Waals surface area contributed by atoms with E-state index in [0.29, 0.717) is 22.9 Å². The number of primary amides is 1. The van der Waals surface area contributed by atoms with Crippen molar-refractivity contribution in [2.24, 2.45) is 11.7 Å². The summed E-state index contributed by atoms with van der Waals surface area (Å²) in [5, 5.41) is 3.60. The average Bonchev–Trinajstić information content (AvgIpc) is 3.04. The van der Waals surface area contributed by atoms with Crippen LogP contribution in [0.2, 0.25) is 0 Å². The highest BCUT2D eigenvalue weighted by molar-refractivity contribution is 7.17. The number of rotatable bonds is 4. The molecule has 0 aromatic carbocycles. The van der Waals surface area contributed by atoms with Crippen molar-refractivity contribution in [2.75, 3.05) is 5.32 Å². The van der Waals surface area contributed by atoms with Gasteiger partial charge in [0.25, 0.3) is 5.91 Å². The van der Waals surface area contributed by atoms with Crippen molar-refractivity contribution < 1.29 is 9.59 Å². The molecule has 1 aromatic rings. The molecule has 0 radical (unpaired) electrons. The molecule has 0 spiro atoms. The third-order valence-electron chi connectivity index (χ3n) is 4.37. The first-order valence-corrected chi connectivity index (χ1v) is 8.21. The van der Waals surface area contributed by atoms with Gasteiger partial charge in [0.1, 0.15) is 5.00 Å². The lowest BCUT2D eigenvalue weighted by atomic mass is 10.0. The Balaban J connectivity index is 1.73. The lowest BCUT2D eigenvalue weighted by Crippen LogP contribution is -2.19. The second-order valence-corrected chi connectivity index (χ2v) is 6.93. The van der Waals surface area contributed by atoms with Gasteiger partial charge in [0.15, 0.2) is 0 Å². The van der Waals surface area contributed by atoms with E-state index in [0.717, 1.165) is 37.7 Å². The van der Waals surface area contributed by atoms with Gasteiger partial charge in [-0.3, -0.25) is 9.59 Å². The van der Waals surface area contributed by atoms with Gasteiger partial charge in [-0.05, 0) is 43.6 Å². The molecule has 0 bridgehead atoms. The molecule has 0 unspecified atom stereocenters. The fraction of sp³-hybridized carbons (Fsp3) is 0.600. The summed E-state index contributed by atoms with van der Waals surface area (Å²) < 4.78 is 0. The number of nitrogens with two attached hydrogens (primary N) is 1.